The minimum absolute atomic E-state index is 0.165. The van der Waals surface area contributed by atoms with Gasteiger partial charge in [-0.2, -0.15) is 0 Å². The van der Waals surface area contributed by atoms with Crippen molar-refractivity contribution >= 4 is 17.6 Å². The standard InChI is InChI=1S/C16H23ClN2O3/c1-11(13-3-2-4-14(17)7-13)19-16(21)18-8-15(20)10-22-9-12-5-6-12/h2-4,7,11-12,15,20H,5-6,8-10H2,1H3,(H2,18,19,21). The third kappa shape index (κ3) is 6.22. The summed E-state index contributed by atoms with van der Waals surface area (Å²) in [4.78, 5) is 11.8. The largest absolute Gasteiger partial charge is 0.389 e. The molecule has 0 saturated heterocycles. The number of ether oxygens (including phenoxy) is 1. The highest BCUT2D eigenvalue weighted by Gasteiger charge is 2.21. The van der Waals surface area contributed by atoms with E-state index in [-0.39, 0.29) is 25.2 Å². The molecule has 0 aromatic heterocycles. The Hall–Kier alpha value is -1.30. The molecule has 0 heterocycles. The van der Waals surface area contributed by atoms with Crippen molar-refractivity contribution in [1.29, 1.82) is 0 Å². The van der Waals surface area contributed by atoms with Crippen LogP contribution < -0.4 is 10.6 Å². The highest BCUT2D eigenvalue weighted by molar-refractivity contribution is 6.30. The van der Waals surface area contributed by atoms with E-state index in [1.165, 1.54) is 12.8 Å². The molecule has 1 aliphatic rings. The summed E-state index contributed by atoms with van der Waals surface area (Å²) in [6, 6.07) is 6.85. The van der Waals surface area contributed by atoms with Crippen LogP contribution >= 0.6 is 11.6 Å². The van der Waals surface area contributed by atoms with Gasteiger partial charge in [0.15, 0.2) is 0 Å². The Morgan fingerprint density at radius 2 is 2.27 bits per heavy atom. The maximum Gasteiger partial charge on any atom is 0.315 e. The average molecular weight is 327 g/mol. The second-order valence-electron chi connectivity index (χ2n) is 5.77. The zero-order valence-corrected chi connectivity index (χ0v) is 13.5. The maximum atomic E-state index is 11.8. The number of amides is 2. The van der Waals surface area contributed by atoms with E-state index >= 15 is 0 Å². The van der Waals surface area contributed by atoms with Gasteiger partial charge in [-0.3, -0.25) is 0 Å². The average Bonchev–Trinajstić information content (AvgIpc) is 3.29. The Kier molecular flexibility index (Phi) is 6.49. The van der Waals surface area contributed by atoms with Crippen LogP contribution in [0.1, 0.15) is 31.4 Å². The first-order valence-corrected chi connectivity index (χ1v) is 7.98. The van der Waals surface area contributed by atoms with Crippen LogP contribution in [0.3, 0.4) is 0 Å². The Balaban J connectivity index is 1.63. The number of hydrogen-bond donors (Lipinski definition) is 3. The van der Waals surface area contributed by atoms with Gasteiger partial charge in [0.2, 0.25) is 0 Å². The van der Waals surface area contributed by atoms with Crippen LogP contribution in [0, 0.1) is 5.92 Å². The lowest BCUT2D eigenvalue weighted by Crippen LogP contribution is -2.41. The van der Waals surface area contributed by atoms with Gasteiger partial charge >= 0.3 is 6.03 Å². The fourth-order valence-electron chi connectivity index (χ4n) is 2.03. The molecule has 6 heteroatoms. The summed E-state index contributed by atoms with van der Waals surface area (Å²) in [7, 11) is 0. The van der Waals surface area contributed by atoms with E-state index in [9.17, 15) is 9.90 Å². The molecule has 5 nitrogen and oxygen atoms in total. The molecule has 22 heavy (non-hydrogen) atoms. The lowest BCUT2D eigenvalue weighted by atomic mass is 10.1. The van der Waals surface area contributed by atoms with Gasteiger partial charge in [-0.1, -0.05) is 23.7 Å². The molecule has 2 rings (SSSR count). The molecule has 3 N–H and O–H groups in total. The Labute approximate surface area is 136 Å². The van der Waals surface area contributed by atoms with Crippen LogP contribution in [0.25, 0.3) is 0 Å². The van der Waals surface area contributed by atoms with Crippen LogP contribution in [0.2, 0.25) is 5.02 Å². The second kappa shape index (κ2) is 8.36. The minimum Gasteiger partial charge on any atom is -0.389 e. The number of aliphatic hydroxyl groups excluding tert-OH is 1. The van der Waals surface area contributed by atoms with Gasteiger partial charge in [-0.15, -0.1) is 0 Å². The molecule has 0 bridgehead atoms. The summed E-state index contributed by atoms with van der Waals surface area (Å²) >= 11 is 5.93. The lowest BCUT2D eigenvalue weighted by molar-refractivity contribution is 0.0337. The van der Waals surface area contributed by atoms with E-state index in [0.717, 1.165) is 5.56 Å². The van der Waals surface area contributed by atoms with Crippen molar-refractivity contribution in [2.45, 2.75) is 31.9 Å². The van der Waals surface area contributed by atoms with Crippen LogP contribution in [-0.2, 0) is 4.74 Å². The van der Waals surface area contributed by atoms with Gasteiger partial charge in [0.05, 0.1) is 18.8 Å². The summed E-state index contributed by atoms with van der Waals surface area (Å²) in [5.41, 5.74) is 0.927. The zero-order valence-electron chi connectivity index (χ0n) is 12.7. The van der Waals surface area contributed by atoms with E-state index in [4.69, 9.17) is 16.3 Å². The minimum atomic E-state index is -0.689. The molecule has 1 aromatic carbocycles. The van der Waals surface area contributed by atoms with E-state index in [1.54, 1.807) is 6.07 Å². The molecule has 0 spiro atoms. The number of nitrogens with one attached hydrogen (secondary N) is 2. The molecule has 1 saturated carbocycles. The van der Waals surface area contributed by atoms with Crippen LogP contribution in [0.4, 0.5) is 4.79 Å². The van der Waals surface area contributed by atoms with E-state index in [0.29, 0.717) is 17.5 Å². The molecule has 1 aromatic rings. The van der Waals surface area contributed by atoms with Gasteiger partial charge in [0.25, 0.3) is 0 Å². The number of aliphatic hydroxyl groups is 1. The van der Waals surface area contributed by atoms with Gasteiger partial charge in [0, 0.05) is 18.2 Å². The summed E-state index contributed by atoms with van der Waals surface area (Å²) in [5.74, 6) is 0.669. The number of hydrogen-bond acceptors (Lipinski definition) is 3. The van der Waals surface area contributed by atoms with Gasteiger partial charge in [0.1, 0.15) is 0 Å². The topological polar surface area (TPSA) is 70.6 Å². The SMILES string of the molecule is CC(NC(=O)NCC(O)COCC1CC1)c1cccc(Cl)c1. The second-order valence-corrected chi connectivity index (χ2v) is 6.20. The van der Waals surface area contributed by atoms with Crippen LogP contribution in [0.15, 0.2) is 24.3 Å². The predicted octanol–water partition coefficient (Wildman–Crippen LogP) is 2.49. The summed E-state index contributed by atoms with van der Waals surface area (Å²) < 4.78 is 5.38. The molecular weight excluding hydrogens is 304 g/mol. The molecule has 2 atom stereocenters. The van der Waals surface area contributed by atoms with Crippen molar-refractivity contribution in [2.24, 2.45) is 5.92 Å². The Morgan fingerprint density at radius 3 is 2.95 bits per heavy atom. The smallest absolute Gasteiger partial charge is 0.315 e. The first-order chi connectivity index (χ1) is 10.5. The van der Waals surface area contributed by atoms with Gasteiger partial charge < -0.3 is 20.5 Å². The Bertz CT molecular complexity index is 494. The Morgan fingerprint density at radius 1 is 1.50 bits per heavy atom. The quantitative estimate of drug-likeness (QED) is 0.687. The number of rotatable bonds is 8. The van der Waals surface area contributed by atoms with Crippen molar-refractivity contribution in [1.82, 2.24) is 10.6 Å². The fourth-order valence-corrected chi connectivity index (χ4v) is 2.23. The third-order valence-electron chi connectivity index (χ3n) is 3.56. The summed E-state index contributed by atoms with van der Waals surface area (Å²) in [5, 5.41) is 15.8. The van der Waals surface area contributed by atoms with Crippen molar-refractivity contribution in [3.05, 3.63) is 34.9 Å². The van der Waals surface area contributed by atoms with Crippen LogP contribution in [0.5, 0.6) is 0 Å². The first-order valence-electron chi connectivity index (χ1n) is 7.60. The zero-order chi connectivity index (χ0) is 15.9. The van der Waals surface area contributed by atoms with Gasteiger partial charge in [-0.25, -0.2) is 4.79 Å². The third-order valence-corrected chi connectivity index (χ3v) is 3.79. The molecular formula is C16H23ClN2O3. The maximum absolute atomic E-state index is 11.8. The molecule has 1 aliphatic carbocycles. The molecule has 0 radical (unpaired) electrons. The number of carbonyl (C=O) groups is 1. The number of urea groups is 1. The molecule has 2 unspecified atom stereocenters. The van der Waals surface area contributed by atoms with E-state index in [1.807, 2.05) is 25.1 Å². The highest BCUT2D eigenvalue weighted by atomic mass is 35.5. The normalized spacial score (nSPS) is 16.9. The summed E-state index contributed by atoms with van der Waals surface area (Å²) in [6.45, 7) is 2.99. The van der Waals surface area contributed by atoms with Crippen LogP contribution in [-0.4, -0.2) is 37.0 Å². The number of carbonyl (C=O) groups excluding carboxylic acids is 1. The van der Waals surface area contributed by atoms with E-state index < -0.39 is 6.10 Å². The lowest BCUT2D eigenvalue weighted by Gasteiger charge is -2.17. The van der Waals surface area contributed by atoms with E-state index in [2.05, 4.69) is 10.6 Å². The van der Waals surface area contributed by atoms with Crippen molar-refractivity contribution in [3.8, 4) is 0 Å². The van der Waals surface area contributed by atoms with Crippen molar-refractivity contribution in [2.75, 3.05) is 19.8 Å². The monoisotopic (exact) mass is 326 g/mol. The van der Waals surface area contributed by atoms with Gasteiger partial charge in [-0.05, 0) is 43.4 Å². The molecule has 1 fully saturated rings. The first kappa shape index (κ1) is 17.1. The summed E-state index contributed by atoms with van der Waals surface area (Å²) in [6.07, 6.45) is 1.75. The molecule has 0 aliphatic heterocycles. The number of halogens is 1. The molecule has 2 amide bonds. The van der Waals surface area contributed by atoms with Crippen molar-refractivity contribution < 1.29 is 14.6 Å². The fraction of sp³-hybridized carbons (Fsp3) is 0.562. The number of benzene rings is 1. The highest BCUT2D eigenvalue weighted by Crippen LogP contribution is 2.28. The van der Waals surface area contributed by atoms with Crippen molar-refractivity contribution in [3.63, 3.8) is 0 Å². The predicted molar refractivity (Wildman–Crippen MR) is 86.0 cm³/mol. The molecule has 122 valence electrons.